The molecule has 0 aromatic carbocycles. The van der Waals surface area contributed by atoms with Crippen LogP contribution in [0.1, 0.15) is 13.3 Å². The second-order valence-corrected chi connectivity index (χ2v) is 5.62. The van der Waals surface area contributed by atoms with E-state index in [1.54, 1.807) is 11.3 Å². The molecule has 0 spiro atoms. The quantitative estimate of drug-likeness (QED) is 0.887. The highest BCUT2D eigenvalue weighted by molar-refractivity contribution is 7.17. The zero-order valence-corrected chi connectivity index (χ0v) is 10.7. The lowest BCUT2D eigenvalue weighted by atomic mass is 10.0. The van der Waals surface area contributed by atoms with Crippen molar-refractivity contribution >= 4 is 27.2 Å². The molecule has 1 aliphatic rings. The van der Waals surface area contributed by atoms with Gasteiger partial charge in [-0.15, -0.1) is 11.3 Å². The van der Waals surface area contributed by atoms with Gasteiger partial charge >= 0.3 is 0 Å². The van der Waals surface area contributed by atoms with E-state index in [4.69, 9.17) is 0 Å². The molecule has 0 bridgehead atoms. The number of aliphatic hydroxyl groups excluding tert-OH is 1. The minimum atomic E-state index is 0.212. The fraction of sp³-hybridized carbons (Fsp3) is 0.462. The topological polar surface area (TPSA) is 36.4 Å². The number of aromatic nitrogens is 1. The van der Waals surface area contributed by atoms with Gasteiger partial charge in [-0.05, 0) is 29.9 Å². The fourth-order valence-corrected chi connectivity index (χ4v) is 3.43. The highest BCUT2D eigenvalue weighted by Crippen LogP contribution is 2.34. The van der Waals surface area contributed by atoms with E-state index in [1.165, 1.54) is 10.1 Å². The first kappa shape index (κ1) is 11.0. The van der Waals surface area contributed by atoms with Crippen LogP contribution in [0, 0.1) is 5.92 Å². The largest absolute Gasteiger partial charge is 0.394 e. The summed E-state index contributed by atoms with van der Waals surface area (Å²) in [6.45, 7) is 3.41. The molecule has 1 saturated heterocycles. The standard InChI is InChI=1S/C13H16N2OS/c1-9-3-6-15(11(9)8-16)13-10-4-7-17-12(10)2-5-14-13/h2,4-5,7,9,11,16H,3,6,8H2,1H3. The lowest BCUT2D eigenvalue weighted by molar-refractivity contribution is 0.244. The van der Waals surface area contributed by atoms with Gasteiger partial charge in [0, 0.05) is 22.8 Å². The summed E-state index contributed by atoms with van der Waals surface area (Å²) < 4.78 is 1.27. The summed E-state index contributed by atoms with van der Waals surface area (Å²) in [7, 11) is 0. The Morgan fingerprint density at radius 2 is 2.41 bits per heavy atom. The molecule has 4 heteroatoms. The van der Waals surface area contributed by atoms with Crippen LogP contribution in [0.4, 0.5) is 5.82 Å². The van der Waals surface area contributed by atoms with Gasteiger partial charge in [0.15, 0.2) is 0 Å². The average molecular weight is 248 g/mol. The molecule has 1 aliphatic heterocycles. The second-order valence-electron chi connectivity index (χ2n) is 4.68. The number of fused-ring (bicyclic) bond motifs is 1. The molecule has 1 N–H and O–H groups in total. The van der Waals surface area contributed by atoms with Crippen LogP contribution in [-0.2, 0) is 0 Å². The van der Waals surface area contributed by atoms with E-state index in [0.717, 1.165) is 18.8 Å². The summed E-state index contributed by atoms with van der Waals surface area (Å²) in [4.78, 5) is 6.78. The van der Waals surface area contributed by atoms with Gasteiger partial charge in [0.1, 0.15) is 5.82 Å². The molecule has 2 unspecified atom stereocenters. The zero-order chi connectivity index (χ0) is 11.8. The van der Waals surface area contributed by atoms with E-state index < -0.39 is 0 Å². The molecule has 0 aliphatic carbocycles. The molecule has 2 aromatic rings. The van der Waals surface area contributed by atoms with Crippen molar-refractivity contribution in [2.24, 2.45) is 5.92 Å². The molecule has 3 nitrogen and oxygen atoms in total. The van der Waals surface area contributed by atoms with E-state index in [2.05, 4.69) is 34.3 Å². The van der Waals surface area contributed by atoms with Gasteiger partial charge in [0.05, 0.1) is 12.6 Å². The van der Waals surface area contributed by atoms with E-state index in [9.17, 15) is 5.11 Å². The van der Waals surface area contributed by atoms with Crippen LogP contribution >= 0.6 is 11.3 Å². The summed E-state index contributed by atoms with van der Waals surface area (Å²) in [5.74, 6) is 1.57. The molecule has 0 saturated carbocycles. The highest BCUT2D eigenvalue weighted by atomic mass is 32.1. The molecular weight excluding hydrogens is 232 g/mol. The Morgan fingerprint density at radius 3 is 3.24 bits per heavy atom. The van der Waals surface area contributed by atoms with Gasteiger partial charge < -0.3 is 10.0 Å². The highest BCUT2D eigenvalue weighted by Gasteiger charge is 2.32. The Balaban J connectivity index is 2.06. The van der Waals surface area contributed by atoms with Gasteiger partial charge in [-0.25, -0.2) is 4.98 Å². The van der Waals surface area contributed by atoms with Crippen molar-refractivity contribution < 1.29 is 5.11 Å². The minimum Gasteiger partial charge on any atom is -0.394 e. The predicted molar refractivity (Wildman–Crippen MR) is 71.6 cm³/mol. The molecule has 2 aromatic heterocycles. The van der Waals surface area contributed by atoms with Gasteiger partial charge in [-0.2, -0.15) is 0 Å². The van der Waals surface area contributed by atoms with Crippen LogP contribution in [0.2, 0.25) is 0 Å². The Kier molecular flexibility index (Phi) is 2.76. The number of hydrogen-bond donors (Lipinski definition) is 1. The van der Waals surface area contributed by atoms with Crippen molar-refractivity contribution in [3.05, 3.63) is 23.7 Å². The van der Waals surface area contributed by atoms with Crippen LogP contribution in [0.25, 0.3) is 10.1 Å². The summed E-state index contributed by atoms with van der Waals surface area (Å²) in [6, 6.07) is 4.39. The third kappa shape index (κ3) is 1.72. The van der Waals surface area contributed by atoms with Crippen LogP contribution in [0.3, 0.4) is 0 Å². The van der Waals surface area contributed by atoms with Crippen molar-refractivity contribution in [1.29, 1.82) is 0 Å². The maximum absolute atomic E-state index is 9.52. The van der Waals surface area contributed by atoms with Crippen LogP contribution in [0.5, 0.6) is 0 Å². The molecule has 3 rings (SSSR count). The lowest BCUT2D eigenvalue weighted by Crippen LogP contribution is -2.35. The van der Waals surface area contributed by atoms with Crippen molar-refractivity contribution in [1.82, 2.24) is 4.98 Å². The number of thiophene rings is 1. The van der Waals surface area contributed by atoms with Gasteiger partial charge in [-0.1, -0.05) is 6.92 Å². The number of nitrogens with zero attached hydrogens (tertiary/aromatic N) is 2. The number of hydrogen-bond acceptors (Lipinski definition) is 4. The zero-order valence-electron chi connectivity index (χ0n) is 9.84. The molecule has 0 amide bonds. The van der Waals surface area contributed by atoms with E-state index in [0.29, 0.717) is 5.92 Å². The van der Waals surface area contributed by atoms with Crippen molar-refractivity contribution in [2.45, 2.75) is 19.4 Å². The summed E-state index contributed by atoms with van der Waals surface area (Å²) in [6.07, 6.45) is 3.00. The number of rotatable bonds is 2. The monoisotopic (exact) mass is 248 g/mol. The second kappa shape index (κ2) is 4.27. The maximum Gasteiger partial charge on any atom is 0.137 e. The first-order valence-corrected chi connectivity index (χ1v) is 6.89. The maximum atomic E-state index is 9.52. The van der Waals surface area contributed by atoms with Crippen LogP contribution < -0.4 is 4.90 Å². The molecule has 17 heavy (non-hydrogen) atoms. The summed E-state index contributed by atoms with van der Waals surface area (Å²) in [5, 5.41) is 12.8. The van der Waals surface area contributed by atoms with Crippen LogP contribution in [-0.4, -0.2) is 29.3 Å². The van der Waals surface area contributed by atoms with Crippen LogP contribution in [0.15, 0.2) is 23.7 Å². The molecule has 3 heterocycles. The molecular formula is C13H16N2OS. The number of anilines is 1. The van der Waals surface area contributed by atoms with Gasteiger partial charge in [0.2, 0.25) is 0 Å². The Bertz CT molecular complexity index is 525. The SMILES string of the molecule is CC1CCN(c2nccc3sccc23)C1CO. The van der Waals surface area contributed by atoms with Crippen molar-refractivity contribution in [3.63, 3.8) is 0 Å². The van der Waals surface area contributed by atoms with E-state index >= 15 is 0 Å². The average Bonchev–Trinajstić information content (AvgIpc) is 2.94. The minimum absolute atomic E-state index is 0.212. The Labute approximate surface area is 105 Å². The molecule has 0 radical (unpaired) electrons. The van der Waals surface area contributed by atoms with E-state index in [-0.39, 0.29) is 12.6 Å². The summed E-state index contributed by atoms with van der Waals surface area (Å²) >= 11 is 1.74. The first-order valence-electron chi connectivity index (χ1n) is 6.01. The summed E-state index contributed by atoms with van der Waals surface area (Å²) in [5.41, 5.74) is 0. The van der Waals surface area contributed by atoms with Gasteiger partial charge in [-0.3, -0.25) is 0 Å². The molecule has 1 fully saturated rings. The molecule has 2 atom stereocenters. The Morgan fingerprint density at radius 1 is 1.53 bits per heavy atom. The lowest BCUT2D eigenvalue weighted by Gasteiger charge is -2.26. The molecule has 90 valence electrons. The van der Waals surface area contributed by atoms with Crippen molar-refractivity contribution in [2.75, 3.05) is 18.1 Å². The van der Waals surface area contributed by atoms with Gasteiger partial charge in [0.25, 0.3) is 0 Å². The number of aliphatic hydroxyl groups is 1. The smallest absolute Gasteiger partial charge is 0.137 e. The normalized spacial score (nSPS) is 24.7. The third-order valence-corrected chi connectivity index (χ3v) is 4.58. The third-order valence-electron chi connectivity index (χ3n) is 3.70. The number of pyridine rings is 1. The Hall–Kier alpha value is -1.13. The predicted octanol–water partition coefficient (Wildman–Crippen LogP) is 2.50. The first-order chi connectivity index (χ1) is 8.31. The fourth-order valence-electron chi connectivity index (χ4n) is 2.66. The van der Waals surface area contributed by atoms with Crippen molar-refractivity contribution in [3.8, 4) is 0 Å². The van der Waals surface area contributed by atoms with E-state index in [1.807, 2.05) is 6.20 Å².